The summed E-state index contributed by atoms with van der Waals surface area (Å²) in [4.78, 5) is 14.1. The van der Waals surface area contributed by atoms with Gasteiger partial charge in [0.2, 0.25) is 5.95 Å². The van der Waals surface area contributed by atoms with Gasteiger partial charge in [-0.2, -0.15) is 0 Å². The fourth-order valence-corrected chi connectivity index (χ4v) is 3.99. The maximum absolute atomic E-state index is 4.77. The van der Waals surface area contributed by atoms with Gasteiger partial charge in [0, 0.05) is 17.8 Å². The van der Waals surface area contributed by atoms with E-state index in [-0.39, 0.29) is 0 Å². The van der Waals surface area contributed by atoms with Crippen LogP contribution in [0.3, 0.4) is 0 Å². The summed E-state index contributed by atoms with van der Waals surface area (Å²) in [6.07, 6.45) is 5.99. The van der Waals surface area contributed by atoms with E-state index in [0.717, 1.165) is 29.9 Å². The monoisotopic (exact) mass is 298 g/mol. The van der Waals surface area contributed by atoms with Gasteiger partial charge in [-0.15, -0.1) is 11.3 Å². The number of thiazole rings is 1. The van der Waals surface area contributed by atoms with Crippen LogP contribution in [0.25, 0.3) is 11.0 Å². The van der Waals surface area contributed by atoms with Gasteiger partial charge in [0.05, 0.1) is 21.7 Å². The molecule has 0 bridgehead atoms. The quantitative estimate of drug-likeness (QED) is 0.774. The van der Waals surface area contributed by atoms with Crippen LogP contribution in [0.4, 0.5) is 5.95 Å². The molecule has 5 heteroatoms. The normalized spacial score (nSPS) is 14.3. The van der Waals surface area contributed by atoms with Gasteiger partial charge in [-0.3, -0.25) is 0 Å². The standard InChI is InChI=1S/C16H18N4S/c1-2-6-12-11(5-1)19-16(20-12)17-10-9-15-18-13-7-3-4-8-14(13)21-15/h1-2,5-6H,3-4,7-10H2,(H2,17,19,20). The van der Waals surface area contributed by atoms with Crippen LogP contribution in [0.1, 0.15) is 28.4 Å². The summed E-state index contributed by atoms with van der Waals surface area (Å²) in [6, 6.07) is 8.09. The molecule has 3 aromatic rings. The van der Waals surface area contributed by atoms with Gasteiger partial charge < -0.3 is 10.3 Å². The highest BCUT2D eigenvalue weighted by Crippen LogP contribution is 2.26. The minimum Gasteiger partial charge on any atom is -0.355 e. The van der Waals surface area contributed by atoms with E-state index >= 15 is 0 Å². The lowest BCUT2D eigenvalue weighted by atomic mass is 10.0. The zero-order chi connectivity index (χ0) is 14.1. The predicted molar refractivity (Wildman–Crippen MR) is 87.0 cm³/mol. The Morgan fingerprint density at radius 2 is 2.05 bits per heavy atom. The van der Waals surface area contributed by atoms with Crippen LogP contribution in [0, 0.1) is 0 Å². The third-order valence-electron chi connectivity index (χ3n) is 3.91. The third-order valence-corrected chi connectivity index (χ3v) is 5.13. The van der Waals surface area contributed by atoms with Crippen LogP contribution in [-0.4, -0.2) is 21.5 Å². The van der Waals surface area contributed by atoms with E-state index in [0.29, 0.717) is 0 Å². The molecule has 1 aliphatic rings. The number of fused-ring (bicyclic) bond motifs is 2. The molecule has 4 nitrogen and oxygen atoms in total. The van der Waals surface area contributed by atoms with E-state index in [1.807, 2.05) is 35.6 Å². The van der Waals surface area contributed by atoms with Crippen molar-refractivity contribution in [3.63, 3.8) is 0 Å². The molecule has 0 amide bonds. The average Bonchev–Trinajstić information content (AvgIpc) is 3.09. The second-order valence-corrected chi connectivity index (χ2v) is 6.63. The summed E-state index contributed by atoms with van der Waals surface area (Å²) in [5.41, 5.74) is 3.43. The second-order valence-electron chi connectivity index (χ2n) is 5.46. The van der Waals surface area contributed by atoms with E-state index in [1.54, 1.807) is 0 Å². The molecule has 0 saturated carbocycles. The van der Waals surface area contributed by atoms with Crippen molar-refractivity contribution in [2.45, 2.75) is 32.1 Å². The number of rotatable bonds is 4. The molecule has 2 N–H and O–H groups in total. The number of aryl methyl sites for hydroxylation is 2. The third kappa shape index (κ3) is 2.65. The van der Waals surface area contributed by atoms with Crippen molar-refractivity contribution in [2.24, 2.45) is 0 Å². The second kappa shape index (κ2) is 5.48. The number of aromatic amines is 1. The van der Waals surface area contributed by atoms with Crippen LogP contribution in [0.15, 0.2) is 24.3 Å². The number of anilines is 1. The summed E-state index contributed by atoms with van der Waals surface area (Å²) in [7, 11) is 0. The predicted octanol–water partition coefficient (Wildman–Crippen LogP) is 3.55. The van der Waals surface area contributed by atoms with E-state index in [2.05, 4.69) is 15.3 Å². The molecule has 0 fully saturated rings. The highest BCUT2D eigenvalue weighted by atomic mass is 32.1. The highest BCUT2D eigenvalue weighted by molar-refractivity contribution is 7.11. The van der Waals surface area contributed by atoms with Crippen LogP contribution in [-0.2, 0) is 19.3 Å². The van der Waals surface area contributed by atoms with Crippen molar-refractivity contribution in [3.05, 3.63) is 39.8 Å². The van der Waals surface area contributed by atoms with Gasteiger partial charge in [0.25, 0.3) is 0 Å². The van der Waals surface area contributed by atoms with Gasteiger partial charge in [-0.25, -0.2) is 9.97 Å². The maximum atomic E-state index is 4.77. The first kappa shape index (κ1) is 12.8. The van der Waals surface area contributed by atoms with Gasteiger partial charge in [-0.05, 0) is 37.8 Å². The molecule has 0 saturated heterocycles. The van der Waals surface area contributed by atoms with Crippen LogP contribution in [0.5, 0.6) is 0 Å². The van der Waals surface area contributed by atoms with Crippen LogP contribution >= 0.6 is 11.3 Å². The molecule has 1 aromatic carbocycles. The summed E-state index contributed by atoms with van der Waals surface area (Å²) >= 11 is 1.89. The average molecular weight is 298 g/mol. The molecule has 0 atom stereocenters. The first-order chi connectivity index (χ1) is 10.4. The molecular formula is C16H18N4S. The largest absolute Gasteiger partial charge is 0.355 e. The molecule has 2 aromatic heterocycles. The topological polar surface area (TPSA) is 53.6 Å². The van der Waals surface area contributed by atoms with E-state index in [9.17, 15) is 0 Å². The lowest BCUT2D eigenvalue weighted by Crippen LogP contribution is -2.06. The van der Waals surface area contributed by atoms with Crippen LogP contribution in [0.2, 0.25) is 0 Å². The fraction of sp³-hybridized carbons (Fsp3) is 0.375. The number of aromatic nitrogens is 3. The van der Waals surface area contributed by atoms with E-state index < -0.39 is 0 Å². The van der Waals surface area contributed by atoms with Crippen molar-refractivity contribution in [2.75, 3.05) is 11.9 Å². The molecule has 2 heterocycles. The van der Waals surface area contributed by atoms with Crippen molar-refractivity contribution >= 4 is 28.3 Å². The van der Waals surface area contributed by atoms with Crippen molar-refractivity contribution < 1.29 is 0 Å². The van der Waals surface area contributed by atoms with Gasteiger partial charge in [0.1, 0.15) is 0 Å². The number of imidazole rings is 1. The van der Waals surface area contributed by atoms with Gasteiger partial charge in [0.15, 0.2) is 0 Å². The first-order valence-corrected chi connectivity index (χ1v) is 8.36. The Morgan fingerprint density at radius 1 is 1.14 bits per heavy atom. The Bertz CT molecular complexity index is 702. The summed E-state index contributed by atoms with van der Waals surface area (Å²) in [5.74, 6) is 0.845. The first-order valence-electron chi connectivity index (χ1n) is 7.54. The number of nitrogens with one attached hydrogen (secondary N) is 2. The Hall–Kier alpha value is -1.88. The summed E-state index contributed by atoms with van der Waals surface area (Å²) < 4.78 is 0. The van der Waals surface area contributed by atoms with Crippen molar-refractivity contribution in [3.8, 4) is 0 Å². The lowest BCUT2D eigenvalue weighted by Gasteiger charge is -2.06. The smallest absolute Gasteiger partial charge is 0.201 e. The minimum atomic E-state index is 0.845. The van der Waals surface area contributed by atoms with E-state index in [1.165, 1.54) is 41.3 Å². The number of para-hydroxylation sites is 2. The highest BCUT2D eigenvalue weighted by Gasteiger charge is 2.14. The number of hydrogen-bond acceptors (Lipinski definition) is 4. The molecule has 108 valence electrons. The number of hydrogen-bond donors (Lipinski definition) is 2. The molecule has 4 rings (SSSR count). The zero-order valence-corrected chi connectivity index (χ0v) is 12.7. The molecule has 0 radical (unpaired) electrons. The minimum absolute atomic E-state index is 0.845. The Kier molecular flexibility index (Phi) is 3.35. The fourth-order valence-electron chi connectivity index (χ4n) is 2.84. The molecule has 21 heavy (non-hydrogen) atoms. The molecule has 0 aliphatic heterocycles. The van der Waals surface area contributed by atoms with E-state index in [4.69, 9.17) is 4.98 Å². The van der Waals surface area contributed by atoms with Crippen molar-refractivity contribution in [1.29, 1.82) is 0 Å². The molecule has 1 aliphatic carbocycles. The summed E-state index contributed by atoms with van der Waals surface area (Å²) in [5, 5.41) is 4.62. The maximum Gasteiger partial charge on any atom is 0.201 e. The van der Waals surface area contributed by atoms with Gasteiger partial charge >= 0.3 is 0 Å². The number of benzene rings is 1. The summed E-state index contributed by atoms with van der Waals surface area (Å²) in [6.45, 7) is 0.867. The number of H-pyrrole nitrogens is 1. The molecular weight excluding hydrogens is 280 g/mol. The molecule has 0 unspecified atom stereocenters. The van der Waals surface area contributed by atoms with Crippen LogP contribution < -0.4 is 5.32 Å². The Morgan fingerprint density at radius 3 is 2.95 bits per heavy atom. The number of nitrogens with zero attached hydrogens (tertiary/aromatic N) is 2. The lowest BCUT2D eigenvalue weighted by molar-refractivity contribution is 0.680. The Balaban J connectivity index is 1.39. The molecule has 0 spiro atoms. The Labute approximate surface area is 127 Å². The zero-order valence-electron chi connectivity index (χ0n) is 11.9. The SMILES string of the molecule is c1ccc2[nH]c(NCCc3nc4c(s3)CCCC4)nc2c1. The van der Waals surface area contributed by atoms with Gasteiger partial charge in [-0.1, -0.05) is 12.1 Å². The van der Waals surface area contributed by atoms with Crippen molar-refractivity contribution in [1.82, 2.24) is 15.0 Å².